The fourth-order valence-corrected chi connectivity index (χ4v) is 4.21. The van der Waals surface area contributed by atoms with Crippen molar-refractivity contribution >= 4 is 43.2 Å². The molecule has 0 saturated heterocycles. The van der Waals surface area contributed by atoms with Gasteiger partial charge in [-0.15, -0.1) is 6.42 Å². The van der Waals surface area contributed by atoms with Crippen molar-refractivity contribution in [1.82, 2.24) is 14.7 Å². The van der Waals surface area contributed by atoms with Crippen molar-refractivity contribution in [3.05, 3.63) is 66.1 Å². The Labute approximate surface area is 190 Å². The number of terminal acetylenes is 1. The number of primary sulfonamides is 1. The summed E-state index contributed by atoms with van der Waals surface area (Å²) in [5.41, 5.74) is 1.31. The lowest BCUT2D eigenvalue weighted by Gasteiger charge is -2.11. The third-order valence-corrected chi connectivity index (χ3v) is 6.35. The average Bonchev–Trinajstić information content (AvgIpc) is 2.74. The van der Waals surface area contributed by atoms with E-state index in [1.54, 1.807) is 18.2 Å². The summed E-state index contributed by atoms with van der Waals surface area (Å²) in [6, 6.07) is 11.9. The number of hydrogen-bond acceptors (Lipinski definition) is 8. The Bertz CT molecular complexity index is 1410. The molecule has 1 heterocycles. The summed E-state index contributed by atoms with van der Waals surface area (Å²) < 4.78 is 63.3. The summed E-state index contributed by atoms with van der Waals surface area (Å²) in [4.78, 5) is 7.87. The first kappa shape index (κ1) is 24.1. The topological polar surface area (TPSA) is 156 Å². The van der Waals surface area contributed by atoms with E-state index in [1.165, 1.54) is 30.3 Å². The molecule has 3 rings (SSSR count). The van der Waals surface area contributed by atoms with Crippen molar-refractivity contribution in [3.8, 4) is 12.3 Å². The second-order valence-corrected chi connectivity index (χ2v) is 10.1. The summed E-state index contributed by atoms with van der Waals surface area (Å²) in [6.45, 7) is -0.118. The molecular formula is C20H19FN6O4S2. The van der Waals surface area contributed by atoms with Crippen LogP contribution in [0.15, 0.2) is 59.6 Å². The molecule has 33 heavy (non-hydrogen) atoms. The molecule has 0 saturated carbocycles. The molecule has 0 atom stereocenters. The largest absolute Gasteiger partial charge is 0.338 e. The number of nitrogens with one attached hydrogen (secondary N) is 3. The summed E-state index contributed by atoms with van der Waals surface area (Å²) in [5, 5.41) is 10.7. The number of aromatic nitrogens is 2. The number of nitrogens with two attached hydrogens (primary N) is 1. The van der Waals surface area contributed by atoms with E-state index in [0.29, 0.717) is 16.9 Å². The predicted octanol–water partition coefficient (Wildman–Crippen LogP) is 1.80. The maximum atomic E-state index is 14.3. The first-order chi connectivity index (χ1) is 15.6. The van der Waals surface area contributed by atoms with Crippen LogP contribution < -0.4 is 20.5 Å². The number of halogens is 1. The van der Waals surface area contributed by atoms with Crippen LogP contribution in [0.4, 0.5) is 27.5 Å². The number of rotatable bonds is 9. The van der Waals surface area contributed by atoms with Gasteiger partial charge in [-0.25, -0.2) is 36.1 Å². The smallest absolute Gasteiger partial charge is 0.238 e. The molecule has 10 nitrogen and oxygen atoms in total. The van der Waals surface area contributed by atoms with Crippen LogP contribution in [0.3, 0.4) is 0 Å². The Kier molecular flexibility index (Phi) is 7.24. The molecule has 0 radical (unpaired) electrons. The zero-order valence-corrected chi connectivity index (χ0v) is 18.6. The van der Waals surface area contributed by atoms with Gasteiger partial charge in [0.15, 0.2) is 11.6 Å². The minimum atomic E-state index is -3.83. The molecule has 172 valence electrons. The van der Waals surface area contributed by atoms with E-state index < -0.39 is 25.9 Å². The van der Waals surface area contributed by atoms with E-state index in [1.807, 2.05) is 0 Å². The summed E-state index contributed by atoms with van der Waals surface area (Å²) >= 11 is 0. The van der Waals surface area contributed by atoms with Crippen LogP contribution in [0, 0.1) is 18.2 Å². The molecule has 13 heteroatoms. The van der Waals surface area contributed by atoms with E-state index in [2.05, 4.69) is 31.2 Å². The summed E-state index contributed by atoms with van der Waals surface area (Å²) in [6.07, 6.45) is 6.02. The Hall–Kier alpha value is -3.57. The highest BCUT2D eigenvalue weighted by Gasteiger charge is 2.13. The molecule has 0 fully saturated rings. The molecule has 0 spiro atoms. The first-order valence-electron chi connectivity index (χ1n) is 9.25. The molecule has 2 aromatic carbocycles. The zero-order valence-electron chi connectivity index (χ0n) is 17.0. The van der Waals surface area contributed by atoms with Gasteiger partial charge in [-0.1, -0.05) is 18.1 Å². The highest BCUT2D eigenvalue weighted by Crippen LogP contribution is 2.22. The van der Waals surface area contributed by atoms with Crippen LogP contribution in [0.2, 0.25) is 0 Å². The fourth-order valence-electron chi connectivity index (χ4n) is 2.67. The molecule has 0 aliphatic rings. The maximum Gasteiger partial charge on any atom is 0.238 e. The molecule has 5 N–H and O–H groups in total. The molecule has 0 amide bonds. The van der Waals surface area contributed by atoms with E-state index in [4.69, 9.17) is 11.6 Å². The van der Waals surface area contributed by atoms with Gasteiger partial charge in [0.25, 0.3) is 0 Å². The Balaban J connectivity index is 1.76. The lowest BCUT2D eigenvalue weighted by molar-refractivity contribution is 0.585. The minimum Gasteiger partial charge on any atom is -0.338 e. The molecule has 1 aromatic heterocycles. The van der Waals surface area contributed by atoms with Gasteiger partial charge < -0.3 is 10.6 Å². The van der Waals surface area contributed by atoms with Crippen molar-refractivity contribution in [2.24, 2.45) is 5.14 Å². The van der Waals surface area contributed by atoms with Gasteiger partial charge in [0.1, 0.15) is 0 Å². The van der Waals surface area contributed by atoms with E-state index in [9.17, 15) is 21.2 Å². The van der Waals surface area contributed by atoms with Crippen LogP contribution in [-0.4, -0.2) is 33.3 Å². The van der Waals surface area contributed by atoms with Gasteiger partial charge in [0, 0.05) is 11.4 Å². The van der Waals surface area contributed by atoms with Crippen LogP contribution in [0.1, 0.15) is 5.56 Å². The lowest BCUT2D eigenvalue weighted by atomic mass is 10.2. The predicted molar refractivity (Wildman–Crippen MR) is 122 cm³/mol. The highest BCUT2D eigenvalue weighted by atomic mass is 32.2. The van der Waals surface area contributed by atoms with Crippen LogP contribution in [-0.2, 0) is 25.8 Å². The van der Waals surface area contributed by atoms with E-state index in [-0.39, 0.29) is 29.0 Å². The van der Waals surface area contributed by atoms with Crippen molar-refractivity contribution in [2.75, 3.05) is 17.2 Å². The first-order valence-corrected chi connectivity index (χ1v) is 12.4. The van der Waals surface area contributed by atoms with Crippen LogP contribution >= 0.6 is 0 Å². The quantitative estimate of drug-likeness (QED) is 0.331. The summed E-state index contributed by atoms with van der Waals surface area (Å²) in [7, 11) is -7.45. The molecule has 0 bridgehead atoms. The lowest BCUT2D eigenvalue weighted by Crippen LogP contribution is -2.25. The summed E-state index contributed by atoms with van der Waals surface area (Å²) in [5.74, 6) is 1.04. The van der Waals surface area contributed by atoms with Crippen molar-refractivity contribution in [2.45, 2.75) is 10.6 Å². The third-order valence-electron chi connectivity index (χ3n) is 4.12. The van der Waals surface area contributed by atoms with Gasteiger partial charge in [-0.3, -0.25) is 0 Å². The zero-order chi connectivity index (χ0) is 24.1. The monoisotopic (exact) mass is 490 g/mol. The Morgan fingerprint density at radius 3 is 2.42 bits per heavy atom. The van der Waals surface area contributed by atoms with Crippen molar-refractivity contribution in [1.29, 1.82) is 0 Å². The van der Waals surface area contributed by atoms with Gasteiger partial charge >= 0.3 is 0 Å². The van der Waals surface area contributed by atoms with E-state index >= 15 is 0 Å². The maximum absolute atomic E-state index is 14.3. The SMILES string of the molecule is C#CCNS(=O)(=O)Cc1cccc(Nc2nc(Nc3ccc(S(N)(=O)=O)cc3)ncc2F)c1. The molecule has 0 aliphatic carbocycles. The number of benzene rings is 2. The normalized spacial score (nSPS) is 11.5. The number of sulfonamides is 2. The van der Waals surface area contributed by atoms with Gasteiger partial charge in [-0.05, 0) is 42.0 Å². The molecule has 0 aliphatic heterocycles. The molecule has 3 aromatic rings. The van der Waals surface area contributed by atoms with Gasteiger partial charge in [-0.2, -0.15) is 4.98 Å². The number of hydrogen-bond donors (Lipinski definition) is 4. The van der Waals surface area contributed by atoms with Crippen LogP contribution in [0.5, 0.6) is 0 Å². The molecule has 0 unspecified atom stereocenters. The minimum absolute atomic E-state index is 0.0412. The second kappa shape index (κ2) is 9.92. The second-order valence-electron chi connectivity index (χ2n) is 6.69. The van der Waals surface area contributed by atoms with E-state index in [0.717, 1.165) is 6.20 Å². The third kappa shape index (κ3) is 6.96. The van der Waals surface area contributed by atoms with Crippen LogP contribution in [0.25, 0.3) is 0 Å². The standard InChI is InChI=1S/C20H19FN6O4S2/c1-2-10-24-32(28,29)13-14-4-3-5-16(11-14)25-19-18(21)12-23-20(27-19)26-15-6-8-17(9-7-15)33(22,30)31/h1,3-9,11-12,24H,10,13H2,(H2,22,30,31)(H2,23,25,26,27). The Morgan fingerprint density at radius 1 is 1.03 bits per heavy atom. The van der Waals surface area contributed by atoms with Gasteiger partial charge in [0.05, 0.1) is 23.4 Å². The fraction of sp³-hybridized carbons (Fsp3) is 0.100. The number of anilines is 4. The van der Waals surface area contributed by atoms with Gasteiger partial charge in [0.2, 0.25) is 26.0 Å². The van der Waals surface area contributed by atoms with Crippen molar-refractivity contribution in [3.63, 3.8) is 0 Å². The number of nitrogens with zero attached hydrogens (tertiary/aromatic N) is 2. The Morgan fingerprint density at radius 2 is 1.76 bits per heavy atom. The highest BCUT2D eigenvalue weighted by molar-refractivity contribution is 7.89. The molecular weight excluding hydrogens is 471 g/mol. The van der Waals surface area contributed by atoms with Crippen molar-refractivity contribution < 1.29 is 21.2 Å². The average molecular weight is 491 g/mol.